The van der Waals surface area contributed by atoms with Crippen molar-refractivity contribution in [1.82, 2.24) is 24.8 Å². The number of carbonyl (C=O) groups is 4. The molecule has 0 saturated heterocycles. The molecule has 4 aromatic rings. The Kier molecular flexibility index (Phi) is 10.8. The van der Waals surface area contributed by atoms with Gasteiger partial charge in [0, 0.05) is 30.0 Å². The molecule has 0 aliphatic heterocycles. The Morgan fingerprint density at radius 2 is 1.81 bits per heavy atom. The minimum atomic E-state index is -2.56. The molecule has 4 N–H and O–H groups in total. The van der Waals surface area contributed by atoms with Crippen LogP contribution in [0.4, 0.5) is 16.3 Å². The van der Waals surface area contributed by atoms with Gasteiger partial charge >= 0.3 is 20.7 Å². The van der Waals surface area contributed by atoms with Gasteiger partial charge in [-0.3, -0.25) is 14.4 Å². The number of nitrogens with zero attached hydrogens (tertiary/aromatic N) is 4. The third-order valence-electron chi connectivity index (χ3n) is 7.50. The van der Waals surface area contributed by atoms with Crippen molar-refractivity contribution >= 4 is 49.5 Å². The first-order valence-electron chi connectivity index (χ1n) is 15.1. The fraction of sp³-hybridized carbons (Fsp3) is 0.312. The summed E-state index contributed by atoms with van der Waals surface area (Å²) in [5, 5.41) is 10.5. The number of amides is 3. The Labute approximate surface area is 276 Å². The van der Waals surface area contributed by atoms with Crippen molar-refractivity contribution in [2.24, 2.45) is 0 Å². The number of carbonyl (C=O) groups excluding carboxylic acids is 4. The van der Waals surface area contributed by atoms with Crippen molar-refractivity contribution in [1.29, 1.82) is 0 Å². The van der Waals surface area contributed by atoms with E-state index in [-0.39, 0.29) is 36.2 Å². The van der Waals surface area contributed by atoms with Crippen LogP contribution >= 0.6 is 8.60 Å². The number of rotatable bonds is 13. The minimum Gasteiger partial charge on any atom is -0.428 e. The highest BCUT2D eigenvalue weighted by Gasteiger charge is 2.28. The minimum absolute atomic E-state index is 0.0429. The van der Waals surface area contributed by atoms with Crippen LogP contribution in [0.5, 0.6) is 5.75 Å². The number of imide groups is 1. The molecule has 1 aliphatic rings. The second-order valence-electron chi connectivity index (χ2n) is 11.1. The molecule has 1 aliphatic carbocycles. The molecule has 2 aromatic carbocycles. The van der Waals surface area contributed by atoms with Gasteiger partial charge < -0.3 is 34.4 Å². The molecular weight excluding hydrogens is 643 g/mol. The van der Waals surface area contributed by atoms with Crippen LogP contribution in [-0.2, 0) is 20.7 Å². The smallest absolute Gasteiger partial charge is 0.419 e. The molecule has 48 heavy (non-hydrogen) atoms. The van der Waals surface area contributed by atoms with Crippen molar-refractivity contribution in [3.05, 3.63) is 82.8 Å². The summed E-state index contributed by atoms with van der Waals surface area (Å²) in [5.74, 6) is -0.850. The number of aromatic nitrogens is 3. The molecule has 252 valence electrons. The number of hydrogen-bond donors (Lipinski definition) is 4. The highest BCUT2D eigenvalue weighted by atomic mass is 31.2. The first-order valence-corrected chi connectivity index (χ1v) is 16.3. The van der Waals surface area contributed by atoms with Crippen LogP contribution in [0.1, 0.15) is 63.6 Å². The maximum Gasteiger partial charge on any atom is 0.419 e. The predicted octanol–water partition coefficient (Wildman–Crippen LogP) is 4.30. The van der Waals surface area contributed by atoms with Crippen LogP contribution in [0, 0.1) is 13.8 Å². The van der Waals surface area contributed by atoms with Gasteiger partial charge in [-0.25, -0.2) is 19.2 Å². The quantitative estimate of drug-likeness (QED) is 0.0891. The van der Waals surface area contributed by atoms with Crippen molar-refractivity contribution in [3.8, 4) is 5.75 Å². The Morgan fingerprint density at radius 3 is 2.50 bits per heavy atom. The van der Waals surface area contributed by atoms with Gasteiger partial charge in [-0.05, 0) is 74.1 Å². The Bertz CT molecular complexity index is 1820. The van der Waals surface area contributed by atoms with E-state index < -0.39 is 33.4 Å². The molecule has 0 bridgehead atoms. The van der Waals surface area contributed by atoms with E-state index in [1.54, 1.807) is 38.1 Å². The number of esters is 1. The number of aryl methyl sites for hydroxylation is 2. The SMILES string of the molecule is CCCN(C(=O)OCOC(=O)Cc1ccc(OP(O)O)cc1)C(=O)c1cn2ncnc(Nc3cc(C(=O)NC4CC4)ccc3C)c2c1C. The molecule has 0 unspecified atom stereocenters. The predicted molar refractivity (Wildman–Crippen MR) is 174 cm³/mol. The van der Waals surface area contributed by atoms with Gasteiger partial charge in [-0.1, -0.05) is 25.1 Å². The fourth-order valence-corrected chi connectivity index (χ4v) is 5.15. The molecule has 0 radical (unpaired) electrons. The van der Waals surface area contributed by atoms with Crippen LogP contribution in [0.15, 0.2) is 55.0 Å². The fourth-order valence-electron chi connectivity index (χ4n) is 4.84. The standard InChI is InChI=1S/C32H35N6O9P/c1-4-13-37(32(42)46-18-45-27(39)14-21-6-11-24(12-7-21)47-48(43)44)31(41)25-16-38-28(20(25)3)29(33-17-34-38)36-26-15-22(8-5-19(26)2)30(40)35-23-9-10-23/h5-8,11-12,15-17,23,43-44H,4,9-10,13-14,18H2,1-3H3,(H,35,40)(H,33,34,36). The largest absolute Gasteiger partial charge is 0.428 e. The van der Waals surface area contributed by atoms with E-state index in [0.29, 0.717) is 40.1 Å². The van der Waals surface area contributed by atoms with Gasteiger partial charge in [0.25, 0.3) is 11.8 Å². The number of anilines is 2. The zero-order valence-electron chi connectivity index (χ0n) is 26.5. The summed E-state index contributed by atoms with van der Waals surface area (Å²) in [5.41, 5.74) is 3.79. The van der Waals surface area contributed by atoms with E-state index in [9.17, 15) is 19.2 Å². The van der Waals surface area contributed by atoms with E-state index in [4.69, 9.17) is 23.8 Å². The van der Waals surface area contributed by atoms with Crippen LogP contribution in [0.2, 0.25) is 0 Å². The number of ether oxygens (including phenoxy) is 2. The molecule has 0 spiro atoms. The molecular formula is C32H35N6O9P. The molecule has 1 saturated carbocycles. The summed E-state index contributed by atoms with van der Waals surface area (Å²) in [4.78, 5) is 74.8. The zero-order chi connectivity index (χ0) is 34.4. The molecule has 1 fully saturated rings. The lowest BCUT2D eigenvalue weighted by molar-refractivity contribution is -0.151. The van der Waals surface area contributed by atoms with E-state index >= 15 is 0 Å². The monoisotopic (exact) mass is 678 g/mol. The highest BCUT2D eigenvalue weighted by molar-refractivity contribution is 7.39. The van der Waals surface area contributed by atoms with Gasteiger partial charge in [0.1, 0.15) is 17.6 Å². The first-order chi connectivity index (χ1) is 23.0. The topological polar surface area (TPSA) is 194 Å². The average Bonchev–Trinajstić information content (AvgIpc) is 3.80. The molecule has 2 aromatic heterocycles. The third kappa shape index (κ3) is 8.42. The second-order valence-corrected chi connectivity index (χ2v) is 11.8. The maximum atomic E-state index is 13.7. The summed E-state index contributed by atoms with van der Waals surface area (Å²) in [6, 6.07) is 11.6. The number of benzene rings is 2. The summed E-state index contributed by atoms with van der Waals surface area (Å²) < 4.78 is 16.4. The van der Waals surface area contributed by atoms with Crippen LogP contribution in [0.3, 0.4) is 0 Å². The van der Waals surface area contributed by atoms with Gasteiger partial charge in [0.15, 0.2) is 5.82 Å². The maximum absolute atomic E-state index is 13.7. The lowest BCUT2D eigenvalue weighted by Gasteiger charge is -2.19. The Hall–Kier alpha value is -5.11. The van der Waals surface area contributed by atoms with Crippen LogP contribution in [0.25, 0.3) is 5.52 Å². The average molecular weight is 679 g/mol. The molecule has 3 amide bonds. The van der Waals surface area contributed by atoms with E-state index in [0.717, 1.165) is 23.3 Å². The number of nitrogens with one attached hydrogen (secondary N) is 2. The molecule has 15 nitrogen and oxygen atoms in total. The van der Waals surface area contributed by atoms with E-state index in [1.807, 2.05) is 13.0 Å². The van der Waals surface area contributed by atoms with Gasteiger partial charge in [0.2, 0.25) is 6.79 Å². The summed E-state index contributed by atoms with van der Waals surface area (Å²) in [6.07, 6.45) is 4.09. The van der Waals surface area contributed by atoms with Crippen molar-refractivity contribution in [3.63, 3.8) is 0 Å². The highest BCUT2D eigenvalue weighted by Crippen LogP contribution is 2.30. The summed E-state index contributed by atoms with van der Waals surface area (Å²) >= 11 is 0. The molecule has 16 heteroatoms. The summed E-state index contributed by atoms with van der Waals surface area (Å²) in [7, 11) is -2.56. The molecule has 0 atom stereocenters. The first kappa shape index (κ1) is 34.2. The van der Waals surface area contributed by atoms with Crippen molar-refractivity contribution in [2.45, 2.75) is 52.5 Å². The van der Waals surface area contributed by atoms with Crippen LogP contribution in [-0.4, -0.2) is 72.5 Å². The third-order valence-corrected chi connectivity index (χ3v) is 7.87. The normalized spacial score (nSPS) is 12.5. The lowest BCUT2D eigenvalue weighted by Crippen LogP contribution is -2.38. The second kappa shape index (κ2) is 15.2. The van der Waals surface area contributed by atoms with E-state index in [1.165, 1.54) is 29.2 Å². The van der Waals surface area contributed by atoms with Crippen LogP contribution < -0.4 is 15.2 Å². The Balaban J connectivity index is 1.25. The van der Waals surface area contributed by atoms with Gasteiger partial charge in [-0.2, -0.15) is 5.10 Å². The van der Waals surface area contributed by atoms with Crippen molar-refractivity contribution in [2.75, 3.05) is 18.7 Å². The van der Waals surface area contributed by atoms with Gasteiger partial charge in [0.05, 0.1) is 12.0 Å². The lowest BCUT2D eigenvalue weighted by atomic mass is 10.1. The zero-order valence-corrected chi connectivity index (χ0v) is 27.4. The van der Waals surface area contributed by atoms with Crippen molar-refractivity contribution < 1.29 is 43.0 Å². The Morgan fingerprint density at radius 1 is 1.06 bits per heavy atom. The van der Waals surface area contributed by atoms with Gasteiger partial charge in [-0.15, -0.1) is 0 Å². The number of fused-ring (bicyclic) bond motifs is 1. The molecule has 5 rings (SSSR count). The summed E-state index contributed by atoms with van der Waals surface area (Å²) in [6.45, 7) is 4.74. The number of hydrogen-bond acceptors (Lipinski definition) is 12. The van der Waals surface area contributed by atoms with E-state index in [2.05, 4.69) is 20.7 Å². The molecule has 2 heterocycles.